The Kier molecular flexibility index (Phi) is 5.87. The standard InChI is InChI=1S/C22H23F3N2O5/c1-26-18(22(23,24)25)12-19(28)27(21(26)30)14-7-8-16-15(11-14)17(9-10-31-16)32-20(29)13-5-3-2-4-6-13/h7-8,11-13,17H,2-6,9-10H2,1H3. The van der Waals surface area contributed by atoms with E-state index in [2.05, 4.69) is 0 Å². The van der Waals surface area contributed by atoms with Crippen LogP contribution < -0.4 is 16.0 Å². The van der Waals surface area contributed by atoms with Crippen LogP contribution in [0.25, 0.3) is 5.69 Å². The first-order chi connectivity index (χ1) is 15.2. The van der Waals surface area contributed by atoms with Crippen LogP contribution in [0, 0.1) is 5.92 Å². The fraction of sp³-hybridized carbons (Fsp3) is 0.500. The summed E-state index contributed by atoms with van der Waals surface area (Å²) in [6, 6.07) is 4.79. The van der Waals surface area contributed by atoms with E-state index in [0.717, 1.165) is 39.2 Å². The van der Waals surface area contributed by atoms with E-state index in [0.29, 0.717) is 39.5 Å². The van der Waals surface area contributed by atoms with E-state index < -0.39 is 29.2 Å². The smallest absolute Gasteiger partial charge is 0.431 e. The van der Waals surface area contributed by atoms with E-state index >= 15 is 0 Å². The van der Waals surface area contributed by atoms with Gasteiger partial charge in [0.05, 0.1) is 18.2 Å². The summed E-state index contributed by atoms with van der Waals surface area (Å²) in [4.78, 5) is 37.7. The molecule has 0 spiro atoms. The van der Waals surface area contributed by atoms with Crippen LogP contribution in [-0.2, 0) is 22.8 Å². The molecule has 0 N–H and O–H groups in total. The summed E-state index contributed by atoms with van der Waals surface area (Å²) < 4.78 is 51.8. The second kappa shape index (κ2) is 8.48. The first-order valence-corrected chi connectivity index (χ1v) is 10.5. The summed E-state index contributed by atoms with van der Waals surface area (Å²) in [7, 11) is 0.956. The molecule has 1 aliphatic carbocycles. The molecule has 1 aromatic heterocycles. The van der Waals surface area contributed by atoms with Crippen molar-refractivity contribution in [3.63, 3.8) is 0 Å². The Morgan fingerprint density at radius 3 is 2.50 bits per heavy atom. The third-order valence-electron chi connectivity index (χ3n) is 6.04. The van der Waals surface area contributed by atoms with Crippen molar-refractivity contribution in [1.82, 2.24) is 9.13 Å². The number of hydrogen-bond acceptors (Lipinski definition) is 5. The first-order valence-electron chi connectivity index (χ1n) is 10.5. The maximum absolute atomic E-state index is 13.1. The molecule has 2 heterocycles. The van der Waals surface area contributed by atoms with Crippen molar-refractivity contribution in [2.45, 2.75) is 50.8 Å². The summed E-state index contributed by atoms with van der Waals surface area (Å²) in [6.07, 6.45) is -0.435. The summed E-state index contributed by atoms with van der Waals surface area (Å²) in [6.45, 7) is 0.330. The number of fused-ring (bicyclic) bond motifs is 1. The molecule has 0 amide bonds. The number of aromatic nitrogens is 2. The Balaban J connectivity index is 1.70. The molecule has 32 heavy (non-hydrogen) atoms. The van der Waals surface area contributed by atoms with Gasteiger partial charge >= 0.3 is 17.8 Å². The Bertz CT molecular complexity index is 1150. The molecule has 2 aromatic rings. The Hall–Kier alpha value is -3.04. The van der Waals surface area contributed by atoms with Crippen molar-refractivity contribution in [1.29, 1.82) is 0 Å². The number of hydrogen-bond donors (Lipinski definition) is 0. The predicted octanol–water partition coefficient (Wildman–Crippen LogP) is 3.50. The minimum atomic E-state index is -4.84. The van der Waals surface area contributed by atoms with Crippen LogP contribution in [0.4, 0.5) is 13.2 Å². The molecule has 0 bridgehead atoms. The fourth-order valence-electron chi connectivity index (χ4n) is 4.32. The second-order valence-electron chi connectivity index (χ2n) is 8.16. The monoisotopic (exact) mass is 452 g/mol. The molecule has 2 aliphatic rings. The number of esters is 1. The van der Waals surface area contributed by atoms with Gasteiger partial charge in [-0.3, -0.25) is 14.2 Å². The molecule has 1 saturated carbocycles. The molecule has 10 heteroatoms. The Morgan fingerprint density at radius 2 is 1.81 bits per heavy atom. The van der Waals surface area contributed by atoms with Gasteiger partial charge in [0, 0.05) is 25.1 Å². The van der Waals surface area contributed by atoms with Crippen molar-refractivity contribution in [3.05, 3.63) is 56.4 Å². The number of carbonyl (C=O) groups is 1. The lowest BCUT2D eigenvalue weighted by Crippen LogP contribution is -2.40. The third kappa shape index (κ3) is 4.18. The molecular weight excluding hydrogens is 429 g/mol. The van der Waals surface area contributed by atoms with Gasteiger partial charge in [0.25, 0.3) is 5.56 Å². The molecule has 0 radical (unpaired) electrons. The predicted molar refractivity (Wildman–Crippen MR) is 108 cm³/mol. The van der Waals surface area contributed by atoms with Gasteiger partial charge in [0.1, 0.15) is 17.5 Å². The van der Waals surface area contributed by atoms with Gasteiger partial charge in [-0.05, 0) is 31.0 Å². The average Bonchev–Trinajstić information content (AvgIpc) is 2.76. The lowest BCUT2D eigenvalue weighted by atomic mass is 9.89. The van der Waals surface area contributed by atoms with E-state index in [9.17, 15) is 27.6 Å². The van der Waals surface area contributed by atoms with Crippen LogP contribution in [0.5, 0.6) is 5.75 Å². The largest absolute Gasteiger partial charge is 0.493 e. The van der Waals surface area contributed by atoms with Crippen molar-refractivity contribution in [2.24, 2.45) is 13.0 Å². The summed E-state index contributed by atoms with van der Waals surface area (Å²) >= 11 is 0. The van der Waals surface area contributed by atoms with E-state index in [1.165, 1.54) is 18.2 Å². The van der Waals surface area contributed by atoms with Gasteiger partial charge in [-0.25, -0.2) is 9.36 Å². The van der Waals surface area contributed by atoms with Gasteiger partial charge in [0.2, 0.25) is 0 Å². The number of halogens is 3. The number of nitrogens with zero attached hydrogens (tertiary/aromatic N) is 2. The van der Waals surface area contributed by atoms with Crippen LogP contribution in [0.3, 0.4) is 0 Å². The molecule has 1 atom stereocenters. The number of ether oxygens (including phenoxy) is 2. The topological polar surface area (TPSA) is 79.5 Å². The number of carbonyl (C=O) groups excluding carboxylic acids is 1. The second-order valence-corrected chi connectivity index (χ2v) is 8.16. The van der Waals surface area contributed by atoms with Gasteiger partial charge in [-0.15, -0.1) is 0 Å². The Labute approximate surface area is 181 Å². The van der Waals surface area contributed by atoms with Gasteiger partial charge < -0.3 is 9.47 Å². The van der Waals surface area contributed by atoms with Crippen LogP contribution in [0.1, 0.15) is 55.9 Å². The highest BCUT2D eigenvalue weighted by molar-refractivity contribution is 5.73. The number of rotatable bonds is 3. The van der Waals surface area contributed by atoms with Crippen molar-refractivity contribution in [2.75, 3.05) is 6.61 Å². The minimum absolute atomic E-state index is 0.0762. The van der Waals surface area contributed by atoms with Crippen molar-refractivity contribution in [3.8, 4) is 11.4 Å². The van der Waals surface area contributed by atoms with Crippen LogP contribution in [0.2, 0.25) is 0 Å². The van der Waals surface area contributed by atoms with E-state index in [1.807, 2.05) is 0 Å². The van der Waals surface area contributed by atoms with Crippen molar-refractivity contribution >= 4 is 5.97 Å². The third-order valence-corrected chi connectivity index (χ3v) is 6.04. The zero-order chi connectivity index (χ0) is 23.0. The quantitative estimate of drug-likeness (QED) is 0.666. The highest BCUT2D eigenvalue weighted by Gasteiger charge is 2.35. The fourth-order valence-corrected chi connectivity index (χ4v) is 4.32. The minimum Gasteiger partial charge on any atom is -0.493 e. The van der Waals surface area contributed by atoms with Crippen LogP contribution >= 0.6 is 0 Å². The number of alkyl halides is 3. The normalized spacial score (nSPS) is 19.2. The molecule has 0 saturated heterocycles. The van der Waals surface area contributed by atoms with Crippen LogP contribution in [-0.4, -0.2) is 21.7 Å². The van der Waals surface area contributed by atoms with Crippen molar-refractivity contribution < 1.29 is 27.4 Å². The molecule has 7 nitrogen and oxygen atoms in total. The van der Waals surface area contributed by atoms with E-state index in [-0.39, 0.29) is 17.6 Å². The zero-order valence-electron chi connectivity index (χ0n) is 17.5. The van der Waals surface area contributed by atoms with Crippen LogP contribution in [0.15, 0.2) is 33.9 Å². The molecule has 1 unspecified atom stereocenters. The molecule has 1 aromatic carbocycles. The SMILES string of the molecule is Cn1c(C(F)(F)F)cc(=O)n(-c2ccc3c(c2)C(OC(=O)C2CCCCC2)CCO3)c1=O. The maximum Gasteiger partial charge on any atom is 0.431 e. The summed E-state index contributed by atoms with van der Waals surface area (Å²) in [5.74, 6) is 0.0110. The molecule has 172 valence electrons. The maximum atomic E-state index is 13.1. The van der Waals surface area contributed by atoms with E-state index in [1.54, 1.807) is 0 Å². The van der Waals surface area contributed by atoms with Gasteiger partial charge in [-0.2, -0.15) is 13.2 Å². The van der Waals surface area contributed by atoms with Gasteiger partial charge in [-0.1, -0.05) is 19.3 Å². The van der Waals surface area contributed by atoms with Gasteiger partial charge in [0.15, 0.2) is 0 Å². The molecule has 4 rings (SSSR count). The zero-order valence-corrected chi connectivity index (χ0v) is 17.5. The highest BCUT2D eigenvalue weighted by atomic mass is 19.4. The lowest BCUT2D eigenvalue weighted by molar-refractivity contribution is -0.157. The number of benzene rings is 1. The molecular formula is C22H23F3N2O5. The average molecular weight is 452 g/mol. The first kappa shape index (κ1) is 22.2. The highest BCUT2D eigenvalue weighted by Crippen LogP contribution is 2.37. The summed E-state index contributed by atoms with van der Waals surface area (Å²) in [5, 5.41) is 0. The Morgan fingerprint density at radius 1 is 1.09 bits per heavy atom. The molecule has 1 aliphatic heterocycles. The van der Waals surface area contributed by atoms with E-state index in [4.69, 9.17) is 9.47 Å². The summed E-state index contributed by atoms with van der Waals surface area (Å²) in [5.41, 5.74) is -3.01. The lowest BCUT2D eigenvalue weighted by Gasteiger charge is -2.29. The molecule has 1 fully saturated rings.